The lowest BCUT2D eigenvalue weighted by Gasteiger charge is -2.21. The van der Waals surface area contributed by atoms with Crippen LogP contribution in [0, 0.1) is 0 Å². The molecule has 3 unspecified atom stereocenters. The number of amides is 7. The second kappa shape index (κ2) is 45.7. The summed E-state index contributed by atoms with van der Waals surface area (Å²) in [6, 6.07) is 0. The highest BCUT2D eigenvalue weighted by atomic mass is 31.2. The summed E-state index contributed by atoms with van der Waals surface area (Å²) in [5.41, 5.74) is 0. The summed E-state index contributed by atoms with van der Waals surface area (Å²) >= 11 is 0. The van der Waals surface area contributed by atoms with Gasteiger partial charge in [-0.05, 0) is 51.4 Å². The summed E-state index contributed by atoms with van der Waals surface area (Å²) in [5.74, 6) is -8.87. The van der Waals surface area contributed by atoms with Crippen LogP contribution in [0.5, 0.6) is 0 Å². The number of ether oxygens (including phenoxy) is 4. The molecule has 7 amide bonds. The number of imide groups is 3. The molecule has 0 aromatic carbocycles. The Morgan fingerprint density at radius 2 is 0.596 bits per heavy atom. The van der Waals surface area contributed by atoms with E-state index in [-0.39, 0.29) is 89.4 Å². The first-order valence-corrected chi connectivity index (χ1v) is 34.8. The summed E-state index contributed by atoms with van der Waals surface area (Å²) in [5, 5.41) is 14.4. The van der Waals surface area contributed by atoms with Crippen LogP contribution in [0.2, 0.25) is 0 Å². The predicted octanol–water partition coefficient (Wildman–Crippen LogP) is 5.01. The van der Waals surface area contributed by atoms with Crippen molar-refractivity contribution < 1.29 is 143 Å². The zero-order valence-corrected chi connectivity index (χ0v) is 54.9. The van der Waals surface area contributed by atoms with Crippen LogP contribution in [0.4, 0.5) is 0 Å². The molecule has 5 atom stereocenters. The van der Waals surface area contributed by atoms with Gasteiger partial charge >= 0.3 is 57.4 Å². The fourth-order valence-electron chi connectivity index (χ4n) is 8.91. The first-order valence-electron chi connectivity index (χ1n) is 31.8. The third-order valence-electron chi connectivity index (χ3n) is 14.1. The minimum absolute atomic E-state index is 0.0275. The molecule has 532 valence electrons. The van der Waals surface area contributed by atoms with Crippen molar-refractivity contribution in [1.29, 1.82) is 0 Å². The highest BCUT2D eigenvalue weighted by molar-refractivity contribution is 7.47. The van der Waals surface area contributed by atoms with E-state index in [9.17, 15) is 91.1 Å². The van der Waals surface area contributed by atoms with Crippen molar-refractivity contribution in [2.45, 2.75) is 237 Å². The molecular formula is C58H90N4O30P2. The number of nitrogens with zero attached hydrogens (tertiary/aromatic N) is 3. The van der Waals surface area contributed by atoms with Crippen molar-refractivity contribution in [2.75, 3.05) is 46.7 Å². The van der Waals surface area contributed by atoms with Gasteiger partial charge in [0.05, 0.1) is 26.4 Å². The van der Waals surface area contributed by atoms with E-state index in [1.807, 2.05) is 0 Å². The molecule has 0 aromatic heterocycles. The van der Waals surface area contributed by atoms with E-state index < -0.39 is 151 Å². The largest absolute Gasteiger partial charge is 0.472 e. The second-order valence-electron chi connectivity index (χ2n) is 22.2. The molecule has 4 N–H and O–H groups in total. The number of hydroxylamine groups is 6. The Morgan fingerprint density at radius 3 is 0.872 bits per heavy atom. The number of unbranched alkanes of at least 4 members (excludes halogenated alkanes) is 16. The van der Waals surface area contributed by atoms with Crippen LogP contribution in [0.25, 0.3) is 0 Å². The molecule has 0 spiro atoms. The lowest BCUT2D eigenvalue weighted by molar-refractivity contribution is -0.197. The zero-order chi connectivity index (χ0) is 69.3. The van der Waals surface area contributed by atoms with E-state index in [4.69, 9.17) is 51.6 Å². The fraction of sp³-hybridized carbons (Fsp3) is 0.759. The monoisotopic (exact) mass is 1380 g/mol. The molecule has 3 fully saturated rings. The zero-order valence-electron chi connectivity index (χ0n) is 53.1. The average molecular weight is 1390 g/mol. The third kappa shape index (κ3) is 36.9. The van der Waals surface area contributed by atoms with Crippen LogP contribution in [-0.2, 0) is 128 Å². The number of aliphatic hydroxyl groups is 1. The molecule has 0 bridgehead atoms. The van der Waals surface area contributed by atoms with Gasteiger partial charge in [0.15, 0.2) is 12.2 Å². The summed E-state index contributed by atoms with van der Waals surface area (Å²) in [6.07, 6.45) is 5.02. The first kappa shape index (κ1) is 81.6. The van der Waals surface area contributed by atoms with Crippen LogP contribution in [-0.4, -0.2) is 178 Å². The number of aliphatic hydroxyl groups excluding tert-OH is 1. The Morgan fingerprint density at radius 1 is 0.362 bits per heavy atom. The molecule has 94 heavy (non-hydrogen) atoms. The van der Waals surface area contributed by atoms with Crippen molar-refractivity contribution in [1.82, 2.24) is 20.5 Å². The van der Waals surface area contributed by atoms with Gasteiger partial charge < -0.3 is 53.7 Å². The highest BCUT2D eigenvalue weighted by Gasteiger charge is 2.36. The number of phosphoric ester groups is 2. The topological polar surface area (TPSA) is 457 Å². The van der Waals surface area contributed by atoms with Gasteiger partial charge in [0.1, 0.15) is 19.3 Å². The van der Waals surface area contributed by atoms with E-state index in [1.165, 1.54) is 7.05 Å². The number of esters is 4. The lowest BCUT2D eigenvalue weighted by Crippen LogP contribution is -2.31. The highest BCUT2D eigenvalue weighted by Crippen LogP contribution is 2.45. The maximum Gasteiger partial charge on any atom is 0.472 e. The molecule has 34 nitrogen and oxygen atoms in total. The number of hydrogen-bond donors (Lipinski definition) is 4. The van der Waals surface area contributed by atoms with Gasteiger partial charge in [-0.15, -0.1) is 15.2 Å². The van der Waals surface area contributed by atoms with Gasteiger partial charge in [-0.1, -0.05) is 77.0 Å². The molecule has 3 aliphatic rings. The molecule has 3 aliphatic heterocycles. The maximum absolute atomic E-state index is 13.0. The van der Waals surface area contributed by atoms with Crippen LogP contribution in [0.1, 0.15) is 218 Å². The van der Waals surface area contributed by atoms with Crippen molar-refractivity contribution in [3.05, 3.63) is 0 Å². The quantitative estimate of drug-likeness (QED) is 0.0204. The molecule has 3 heterocycles. The smallest absolute Gasteiger partial charge is 0.462 e. The Kier molecular flexibility index (Phi) is 39.7. The lowest BCUT2D eigenvalue weighted by atomic mass is 10.1. The van der Waals surface area contributed by atoms with E-state index in [1.54, 1.807) is 0 Å². The Bertz CT molecular complexity index is 2590. The van der Waals surface area contributed by atoms with E-state index in [0.717, 1.165) is 12.8 Å². The SMILES string of the molecule is CNC(=O)CCCCCCCC(=O)O[C@H](COC(=O)CCCCCCCC(=O)ON1C(=O)CCC1=O)COP(=O)(O)OCC(O)COP(=O)(O)OC[C@@H](COC(=O)CCCCCCCC(=O)ON1C(=O)CCC1=O)OC(=O)CCCCCCCC(=O)ON1C(=O)CCC1=O. The van der Waals surface area contributed by atoms with Crippen LogP contribution >= 0.6 is 15.6 Å². The number of hydrogen-bond acceptors (Lipinski definition) is 28. The van der Waals surface area contributed by atoms with E-state index >= 15 is 0 Å². The molecule has 3 saturated heterocycles. The van der Waals surface area contributed by atoms with Crippen LogP contribution in [0.3, 0.4) is 0 Å². The molecule has 0 aromatic rings. The standard InChI is InChI=1S/C58H90N4O30P2/c1-59-45(64)22-14-6-2-9-17-25-54(73)88-43(38-82-52(71)23-15-7-3-11-19-27-56(75)90-60-46(65)30-31-47(60)66)40-86-93(78,79)84-36-42(63)37-85-94(80,81)87-41-44(89-55(74)26-18-10-5-13-21-29-58(77)92-62-50(69)34-35-51(62)70)39-83-53(72)24-16-8-4-12-20-28-57(76)91-61-48(67)32-33-49(61)68/h42-44,63H,2-41H2,1H3,(H,59,64)(H,78,79)(H,80,81)/t42?,43-,44-/m1/s1. The van der Waals surface area contributed by atoms with Gasteiger partial charge in [0, 0.05) is 96.9 Å². The summed E-state index contributed by atoms with van der Waals surface area (Å²) in [6.45, 7) is -5.09. The van der Waals surface area contributed by atoms with Crippen molar-refractivity contribution in [3.8, 4) is 0 Å². The summed E-state index contributed by atoms with van der Waals surface area (Å²) in [4.78, 5) is 204. The number of nitrogens with one attached hydrogen (secondary N) is 1. The molecule has 3 rings (SSSR count). The number of rotatable bonds is 53. The Balaban J connectivity index is 1.46. The van der Waals surface area contributed by atoms with Gasteiger partial charge in [0.2, 0.25) is 5.91 Å². The maximum atomic E-state index is 13.0. The van der Waals surface area contributed by atoms with Crippen LogP contribution < -0.4 is 5.32 Å². The van der Waals surface area contributed by atoms with Gasteiger partial charge in [-0.2, -0.15) is 0 Å². The summed E-state index contributed by atoms with van der Waals surface area (Å²) < 4.78 is 66.9. The molecular weight excluding hydrogens is 1290 g/mol. The minimum atomic E-state index is -5.15. The van der Waals surface area contributed by atoms with Gasteiger partial charge in [0.25, 0.3) is 35.4 Å². The number of phosphoric acid groups is 2. The van der Waals surface area contributed by atoms with Crippen molar-refractivity contribution in [2.24, 2.45) is 0 Å². The normalized spacial score (nSPS) is 16.3. The van der Waals surface area contributed by atoms with E-state index in [0.29, 0.717) is 137 Å². The average Bonchev–Trinajstić information content (AvgIpc) is 1.79. The van der Waals surface area contributed by atoms with Gasteiger partial charge in [-0.25, -0.2) is 23.5 Å². The molecule has 0 radical (unpaired) electrons. The first-order chi connectivity index (χ1) is 44.8. The van der Waals surface area contributed by atoms with Gasteiger partial charge in [-0.3, -0.25) is 70.8 Å². The van der Waals surface area contributed by atoms with E-state index in [2.05, 4.69) is 5.32 Å². The molecule has 0 saturated carbocycles. The third-order valence-corrected chi connectivity index (χ3v) is 16.0. The molecule has 0 aliphatic carbocycles. The molecule has 36 heteroatoms. The minimum Gasteiger partial charge on any atom is -0.462 e. The number of carbonyl (C=O) groups is 14. The van der Waals surface area contributed by atoms with Crippen molar-refractivity contribution in [3.63, 3.8) is 0 Å². The Labute approximate surface area is 543 Å². The van der Waals surface area contributed by atoms with Crippen LogP contribution in [0.15, 0.2) is 0 Å². The predicted molar refractivity (Wildman–Crippen MR) is 316 cm³/mol. The second-order valence-corrected chi connectivity index (χ2v) is 25.2. The fourth-order valence-corrected chi connectivity index (χ4v) is 10.5. The van der Waals surface area contributed by atoms with Crippen molar-refractivity contribution >= 4 is 98.8 Å². The number of carbonyl (C=O) groups excluding carboxylic acids is 14. The Hall–Kier alpha value is -6.64. The summed E-state index contributed by atoms with van der Waals surface area (Å²) in [7, 11) is -8.73.